The molecule has 0 bridgehead atoms. The third-order valence-electron chi connectivity index (χ3n) is 2.24. The van der Waals surface area contributed by atoms with Crippen LogP contribution >= 0.6 is 0 Å². The molecule has 7 nitrogen and oxygen atoms in total. The number of hydrogen-bond acceptors (Lipinski definition) is 5. The molecule has 0 atom stereocenters. The van der Waals surface area contributed by atoms with Gasteiger partial charge in [0.25, 0.3) is 11.6 Å². The van der Waals surface area contributed by atoms with Gasteiger partial charge in [0, 0.05) is 12.1 Å². The SMILES string of the molecule is O=C(N/C=N/c1ccco1)c1ccccc1[N+](=O)[O-]. The molecule has 0 aliphatic carbocycles. The zero-order valence-electron chi connectivity index (χ0n) is 9.65. The van der Waals surface area contributed by atoms with E-state index in [0.29, 0.717) is 5.88 Å². The molecular weight excluding hydrogens is 250 g/mol. The summed E-state index contributed by atoms with van der Waals surface area (Å²) in [6.45, 7) is 0. The number of carbonyl (C=O) groups excluding carboxylic acids is 1. The lowest BCUT2D eigenvalue weighted by molar-refractivity contribution is -0.385. The highest BCUT2D eigenvalue weighted by atomic mass is 16.6. The van der Waals surface area contributed by atoms with Crippen LogP contribution in [-0.2, 0) is 0 Å². The van der Waals surface area contributed by atoms with Gasteiger partial charge in [0.1, 0.15) is 5.56 Å². The fourth-order valence-corrected chi connectivity index (χ4v) is 1.40. The molecule has 0 saturated heterocycles. The Hall–Kier alpha value is -2.96. The summed E-state index contributed by atoms with van der Waals surface area (Å²) in [5.41, 5.74) is -0.287. The Kier molecular flexibility index (Phi) is 3.67. The van der Waals surface area contributed by atoms with Crippen molar-refractivity contribution in [3.63, 3.8) is 0 Å². The fraction of sp³-hybridized carbons (Fsp3) is 0. The molecule has 1 heterocycles. The van der Waals surface area contributed by atoms with Gasteiger partial charge in [-0.2, -0.15) is 0 Å². The van der Waals surface area contributed by atoms with E-state index in [1.54, 1.807) is 18.2 Å². The van der Waals surface area contributed by atoms with E-state index in [2.05, 4.69) is 10.3 Å². The molecule has 0 spiro atoms. The minimum atomic E-state index is -0.613. The molecule has 2 aromatic rings. The number of para-hydroxylation sites is 1. The monoisotopic (exact) mass is 259 g/mol. The number of benzene rings is 1. The molecule has 0 aliphatic rings. The highest BCUT2D eigenvalue weighted by Gasteiger charge is 2.18. The minimum absolute atomic E-state index is 0.0293. The Morgan fingerprint density at radius 1 is 1.32 bits per heavy atom. The van der Waals surface area contributed by atoms with E-state index >= 15 is 0 Å². The summed E-state index contributed by atoms with van der Waals surface area (Å²) in [5, 5.41) is 13.1. The summed E-state index contributed by atoms with van der Waals surface area (Å²) in [7, 11) is 0. The first-order chi connectivity index (χ1) is 9.18. The molecule has 1 amide bonds. The van der Waals surface area contributed by atoms with Gasteiger partial charge in [0.05, 0.1) is 17.5 Å². The van der Waals surface area contributed by atoms with E-state index in [1.807, 2.05) is 0 Å². The summed E-state index contributed by atoms with van der Waals surface area (Å²) >= 11 is 0. The van der Waals surface area contributed by atoms with Crippen molar-refractivity contribution in [2.75, 3.05) is 0 Å². The lowest BCUT2D eigenvalue weighted by Gasteiger charge is -2.00. The summed E-state index contributed by atoms with van der Waals surface area (Å²) in [4.78, 5) is 25.7. The average Bonchev–Trinajstić information content (AvgIpc) is 2.91. The maximum absolute atomic E-state index is 11.8. The van der Waals surface area contributed by atoms with Gasteiger partial charge in [-0.1, -0.05) is 12.1 Å². The molecule has 0 unspecified atom stereocenters. The molecule has 0 radical (unpaired) electrons. The Bertz CT molecular complexity index is 620. The number of amides is 1. The first-order valence-electron chi connectivity index (χ1n) is 5.29. The first-order valence-corrected chi connectivity index (χ1v) is 5.29. The van der Waals surface area contributed by atoms with E-state index in [4.69, 9.17) is 4.42 Å². The van der Waals surface area contributed by atoms with Crippen molar-refractivity contribution in [2.45, 2.75) is 0 Å². The number of furan rings is 1. The van der Waals surface area contributed by atoms with Crippen LogP contribution in [-0.4, -0.2) is 17.2 Å². The average molecular weight is 259 g/mol. The van der Waals surface area contributed by atoms with Crippen LogP contribution in [0.3, 0.4) is 0 Å². The standard InChI is InChI=1S/C12H9N3O4/c16-12(14-8-13-11-6-3-7-19-11)9-4-1-2-5-10(9)15(17)18/h1-8H,(H,13,14,16). The van der Waals surface area contributed by atoms with Crippen molar-refractivity contribution in [2.24, 2.45) is 4.99 Å². The zero-order valence-corrected chi connectivity index (χ0v) is 9.65. The predicted molar refractivity (Wildman–Crippen MR) is 67.4 cm³/mol. The Balaban J connectivity index is 2.10. The Labute approximate surface area is 107 Å². The van der Waals surface area contributed by atoms with Crippen LogP contribution in [0.15, 0.2) is 52.1 Å². The molecule has 0 aliphatic heterocycles. The first kappa shape index (κ1) is 12.5. The second-order valence-electron chi connectivity index (χ2n) is 3.46. The van der Waals surface area contributed by atoms with Crippen molar-refractivity contribution in [1.29, 1.82) is 0 Å². The number of aliphatic imine (C=N–C) groups is 1. The normalized spacial score (nSPS) is 10.5. The predicted octanol–water partition coefficient (Wildman–Crippen LogP) is 2.28. The van der Waals surface area contributed by atoms with Gasteiger partial charge >= 0.3 is 0 Å². The quantitative estimate of drug-likeness (QED) is 0.394. The molecule has 19 heavy (non-hydrogen) atoms. The molecule has 1 aromatic carbocycles. The summed E-state index contributed by atoms with van der Waals surface area (Å²) in [6.07, 6.45) is 2.56. The van der Waals surface area contributed by atoms with E-state index in [-0.39, 0.29) is 11.3 Å². The second kappa shape index (κ2) is 5.58. The van der Waals surface area contributed by atoms with Gasteiger partial charge < -0.3 is 9.73 Å². The van der Waals surface area contributed by atoms with Crippen molar-refractivity contribution in [3.8, 4) is 0 Å². The number of hydrogen-bond donors (Lipinski definition) is 1. The highest BCUT2D eigenvalue weighted by Crippen LogP contribution is 2.17. The third kappa shape index (κ3) is 3.03. The molecule has 0 saturated carbocycles. The van der Waals surface area contributed by atoms with Gasteiger partial charge in [-0.25, -0.2) is 4.99 Å². The van der Waals surface area contributed by atoms with Crippen LogP contribution in [0.2, 0.25) is 0 Å². The Morgan fingerprint density at radius 3 is 2.79 bits per heavy atom. The van der Waals surface area contributed by atoms with Crippen molar-refractivity contribution < 1.29 is 14.1 Å². The van der Waals surface area contributed by atoms with Crippen LogP contribution in [0.4, 0.5) is 11.6 Å². The van der Waals surface area contributed by atoms with Crippen LogP contribution in [0.25, 0.3) is 0 Å². The number of rotatable bonds is 4. The Morgan fingerprint density at radius 2 is 2.11 bits per heavy atom. The molecule has 1 N–H and O–H groups in total. The third-order valence-corrected chi connectivity index (χ3v) is 2.24. The zero-order chi connectivity index (χ0) is 13.7. The van der Waals surface area contributed by atoms with E-state index in [9.17, 15) is 14.9 Å². The van der Waals surface area contributed by atoms with Crippen LogP contribution in [0.1, 0.15) is 10.4 Å². The summed E-state index contributed by atoms with van der Waals surface area (Å²) in [6, 6.07) is 8.92. The molecule has 2 rings (SSSR count). The molecule has 1 aromatic heterocycles. The van der Waals surface area contributed by atoms with E-state index < -0.39 is 10.8 Å². The smallest absolute Gasteiger partial charge is 0.282 e. The lowest BCUT2D eigenvalue weighted by atomic mass is 10.2. The summed E-state index contributed by atoms with van der Waals surface area (Å²) in [5.74, 6) is -0.287. The van der Waals surface area contributed by atoms with Crippen molar-refractivity contribution >= 4 is 23.8 Å². The van der Waals surface area contributed by atoms with Gasteiger partial charge in [-0.05, 0) is 12.1 Å². The molecule has 96 valence electrons. The second-order valence-corrected chi connectivity index (χ2v) is 3.46. The topological polar surface area (TPSA) is 97.7 Å². The fourth-order valence-electron chi connectivity index (χ4n) is 1.40. The maximum Gasteiger partial charge on any atom is 0.282 e. The van der Waals surface area contributed by atoms with Crippen LogP contribution in [0.5, 0.6) is 0 Å². The van der Waals surface area contributed by atoms with Crippen LogP contribution in [0, 0.1) is 10.1 Å². The number of carbonyl (C=O) groups is 1. The largest absolute Gasteiger partial charge is 0.447 e. The van der Waals surface area contributed by atoms with Gasteiger partial charge in [0.15, 0.2) is 0 Å². The lowest BCUT2D eigenvalue weighted by Crippen LogP contribution is -2.22. The van der Waals surface area contributed by atoms with Gasteiger partial charge in [-0.3, -0.25) is 14.9 Å². The molecular formula is C12H9N3O4. The number of nitro groups is 1. The van der Waals surface area contributed by atoms with Gasteiger partial charge in [0.2, 0.25) is 5.88 Å². The summed E-state index contributed by atoms with van der Waals surface area (Å²) < 4.78 is 4.93. The number of nitrogens with one attached hydrogen (secondary N) is 1. The highest BCUT2D eigenvalue weighted by molar-refractivity contribution is 6.03. The van der Waals surface area contributed by atoms with Gasteiger partial charge in [-0.15, -0.1) is 0 Å². The maximum atomic E-state index is 11.8. The van der Waals surface area contributed by atoms with Crippen molar-refractivity contribution in [3.05, 3.63) is 58.3 Å². The van der Waals surface area contributed by atoms with E-state index in [0.717, 1.165) is 6.34 Å². The molecule has 7 heteroatoms. The number of nitrogens with zero attached hydrogens (tertiary/aromatic N) is 2. The van der Waals surface area contributed by atoms with Crippen molar-refractivity contribution in [1.82, 2.24) is 5.32 Å². The minimum Gasteiger partial charge on any atom is -0.447 e. The number of nitro benzene ring substituents is 1. The van der Waals surface area contributed by atoms with Crippen LogP contribution < -0.4 is 5.32 Å². The molecule has 0 fully saturated rings. The van der Waals surface area contributed by atoms with E-state index in [1.165, 1.54) is 24.5 Å².